The SMILES string of the molecule is COC(=O)CC(NC(=O)c1ccc(Cl)c([N+](=O)[O-])c1)c1ccccc1Cl. The fourth-order valence-electron chi connectivity index (χ4n) is 2.28. The van der Waals surface area contributed by atoms with Crippen molar-refractivity contribution in [3.8, 4) is 0 Å². The van der Waals surface area contributed by atoms with Gasteiger partial charge in [0.15, 0.2) is 0 Å². The summed E-state index contributed by atoms with van der Waals surface area (Å²) in [6.07, 6.45) is -0.151. The van der Waals surface area contributed by atoms with Gasteiger partial charge in [0.05, 0.1) is 24.5 Å². The van der Waals surface area contributed by atoms with Gasteiger partial charge in [-0.1, -0.05) is 41.4 Å². The smallest absolute Gasteiger partial charge is 0.307 e. The Kier molecular flexibility index (Phi) is 6.54. The molecule has 2 rings (SSSR count). The Morgan fingerprint density at radius 3 is 2.50 bits per heavy atom. The molecule has 2 aromatic carbocycles. The van der Waals surface area contributed by atoms with E-state index in [4.69, 9.17) is 23.2 Å². The first-order valence-electron chi connectivity index (χ1n) is 7.39. The van der Waals surface area contributed by atoms with E-state index in [2.05, 4.69) is 10.1 Å². The summed E-state index contributed by atoms with van der Waals surface area (Å²) in [5.41, 5.74) is 0.168. The van der Waals surface area contributed by atoms with Crippen molar-refractivity contribution in [1.29, 1.82) is 0 Å². The molecule has 0 aliphatic carbocycles. The van der Waals surface area contributed by atoms with E-state index in [1.807, 2.05) is 0 Å². The quantitative estimate of drug-likeness (QED) is 0.452. The van der Waals surface area contributed by atoms with E-state index in [9.17, 15) is 19.7 Å². The molecule has 1 unspecified atom stereocenters. The molecule has 1 atom stereocenters. The minimum absolute atomic E-state index is 0.0306. The summed E-state index contributed by atoms with van der Waals surface area (Å²) >= 11 is 11.9. The Hall–Kier alpha value is -2.64. The lowest BCUT2D eigenvalue weighted by atomic mass is 10.0. The molecule has 0 bridgehead atoms. The third-order valence-corrected chi connectivity index (χ3v) is 4.25. The van der Waals surface area contributed by atoms with Crippen LogP contribution in [0.15, 0.2) is 42.5 Å². The lowest BCUT2D eigenvalue weighted by molar-refractivity contribution is -0.384. The van der Waals surface area contributed by atoms with E-state index in [-0.39, 0.29) is 22.7 Å². The van der Waals surface area contributed by atoms with Crippen LogP contribution < -0.4 is 5.32 Å². The van der Waals surface area contributed by atoms with Crippen LogP contribution in [0, 0.1) is 10.1 Å². The second-order valence-corrected chi connectivity index (χ2v) is 6.07. The summed E-state index contributed by atoms with van der Waals surface area (Å²) in [5, 5.41) is 13.9. The van der Waals surface area contributed by atoms with Gasteiger partial charge < -0.3 is 10.1 Å². The van der Waals surface area contributed by atoms with Crippen LogP contribution in [0.1, 0.15) is 28.4 Å². The molecule has 0 saturated heterocycles. The number of methoxy groups -OCH3 is 1. The van der Waals surface area contributed by atoms with Gasteiger partial charge in [0.1, 0.15) is 5.02 Å². The van der Waals surface area contributed by atoms with Gasteiger partial charge in [-0.3, -0.25) is 19.7 Å². The van der Waals surface area contributed by atoms with Gasteiger partial charge in [0.2, 0.25) is 0 Å². The molecule has 26 heavy (non-hydrogen) atoms. The van der Waals surface area contributed by atoms with Crippen LogP contribution in [0.5, 0.6) is 0 Å². The lowest BCUT2D eigenvalue weighted by Gasteiger charge is -2.19. The number of halogens is 2. The van der Waals surface area contributed by atoms with Crippen LogP contribution in [0.4, 0.5) is 5.69 Å². The third kappa shape index (κ3) is 4.71. The summed E-state index contributed by atoms with van der Waals surface area (Å²) in [4.78, 5) is 34.5. The number of esters is 1. The molecular weight excluding hydrogens is 383 g/mol. The zero-order valence-electron chi connectivity index (χ0n) is 13.6. The molecule has 9 heteroatoms. The van der Waals surface area contributed by atoms with Crippen molar-refractivity contribution in [2.75, 3.05) is 7.11 Å². The first-order valence-corrected chi connectivity index (χ1v) is 8.15. The van der Waals surface area contributed by atoms with Crippen LogP contribution in [-0.4, -0.2) is 23.9 Å². The number of rotatable bonds is 6. The standard InChI is InChI=1S/C17H14Cl2N2O5/c1-26-16(22)9-14(11-4-2-3-5-12(11)18)20-17(23)10-6-7-13(19)15(8-10)21(24)25/h2-8,14H,9H2,1H3,(H,20,23). The van der Waals surface area contributed by atoms with E-state index in [1.165, 1.54) is 19.2 Å². The average Bonchev–Trinajstić information content (AvgIpc) is 2.61. The Morgan fingerprint density at radius 1 is 1.19 bits per heavy atom. The fourth-order valence-corrected chi connectivity index (χ4v) is 2.74. The van der Waals surface area contributed by atoms with Gasteiger partial charge in [0, 0.05) is 16.7 Å². The predicted molar refractivity (Wildman–Crippen MR) is 96.4 cm³/mol. The Labute approximate surface area is 159 Å². The molecule has 0 fully saturated rings. The molecule has 0 aliphatic heterocycles. The highest BCUT2D eigenvalue weighted by molar-refractivity contribution is 6.32. The number of benzene rings is 2. The summed E-state index contributed by atoms with van der Waals surface area (Å²) in [6, 6.07) is 9.64. The van der Waals surface area contributed by atoms with Crippen molar-refractivity contribution in [3.63, 3.8) is 0 Å². The molecule has 136 valence electrons. The zero-order chi connectivity index (χ0) is 19.3. The van der Waals surface area contributed by atoms with Gasteiger partial charge in [-0.2, -0.15) is 0 Å². The largest absolute Gasteiger partial charge is 0.469 e. The second-order valence-electron chi connectivity index (χ2n) is 5.25. The van der Waals surface area contributed by atoms with Crippen LogP contribution in [0.2, 0.25) is 10.0 Å². The lowest BCUT2D eigenvalue weighted by Crippen LogP contribution is -2.30. The molecular formula is C17H14Cl2N2O5. The highest BCUT2D eigenvalue weighted by Gasteiger charge is 2.23. The fraction of sp³-hybridized carbons (Fsp3) is 0.176. The monoisotopic (exact) mass is 396 g/mol. The van der Waals surface area contributed by atoms with Crippen molar-refractivity contribution >= 4 is 40.8 Å². The van der Waals surface area contributed by atoms with E-state index < -0.39 is 22.8 Å². The number of nitrogens with zero attached hydrogens (tertiary/aromatic N) is 1. The predicted octanol–water partition coefficient (Wildman–Crippen LogP) is 3.94. The van der Waals surface area contributed by atoms with Gasteiger partial charge in [-0.05, 0) is 23.8 Å². The Bertz CT molecular complexity index is 857. The van der Waals surface area contributed by atoms with E-state index in [1.54, 1.807) is 24.3 Å². The first-order chi connectivity index (χ1) is 12.3. The second kappa shape index (κ2) is 8.64. The molecule has 0 aromatic heterocycles. The maximum Gasteiger partial charge on any atom is 0.307 e. The number of ether oxygens (including phenoxy) is 1. The van der Waals surface area contributed by atoms with Crippen molar-refractivity contribution in [2.24, 2.45) is 0 Å². The number of nitrogens with one attached hydrogen (secondary N) is 1. The summed E-state index contributed by atoms with van der Waals surface area (Å²) in [5.74, 6) is -1.16. The van der Waals surface area contributed by atoms with Crippen LogP contribution >= 0.6 is 23.2 Å². The number of carbonyl (C=O) groups excluding carboxylic acids is 2. The van der Waals surface area contributed by atoms with Crippen molar-refractivity contribution in [2.45, 2.75) is 12.5 Å². The number of nitro groups is 1. The summed E-state index contributed by atoms with van der Waals surface area (Å²) in [6.45, 7) is 0. The highest BCUT2D eigenvalue weighted by atomic mass is 35.5. The van der Waals surface area contributed by atoms with E-state index in [0.29, 0.717) is 10.6 Å². The van der Waals surface area contributed by atoms with Crippen molar-refractivity contribution < 1.29 is 19.2 Å². The molecule has 0 aliphatic rings. The van der Waals surface area contributed by atoms with Gasteiger partial charge in [0.25, 0.3) is 11.6 Å². The maximum atomic E-state index is 12.5. The molecule has 7 nitrogen and oxygen atoms in total. The van der Waals surface area contributed by atoms with Gasteiger partial charge in [-0.25, -0.2) is 0 Å². The normalized spacial score (nSPS) is 11.5. The number of carbonyl (C=O) groups is 2. The average molecular weight is 397 g/mol. The molecule has 1 amide bonds. The highest BCUT2D eigenvalue weighted by Crippen LogP contribution is 2.28. The summed E-state index contributed by atoms with van der Waals surface area (Å²) in [7, 11) is 1.23. The third-order valence-electron chi connectivity index (χ3n) is 3.59. The molecule has 0 heterocycles. The zero-order valence-corrected chi connectivity index (χ0v) is 15.1. The van der Waals surface area contributed by atoms with Crippen LogP contribution in [0.25, 0.3) is 0 Å². The van der Waals surface area contributed by atoms with Gasteiger partial charge >= 0.3 is 5.97 Å². The topological polar surface area (TPSA) is 98.5 Å². The number of amides is 1. The molecule has 0 saturated carbocycles. The van der Waals surface area contributed by atoms with E-state index >= 15 is 0 Å². The van der Waals surface area contributed by atoms with Crippen molar-refractivity contribution in [1.82, 2.24) is 5.32 Å². The molecule has 0 radical (unpaired) electrons. The minimum Gasteiger partial charge on any atom is -0.469 e. The Balaban J connectivity index is 2.32. The van der Waals surface area contributed by atoms with E-state index in [0.717, 1.165) is 6.07 Å². The number of hydrogen-bond donors (Lipinski definition) is 1. The Morgan fingerprint density at radius 2 is 1.88 bits per heavy atom. The van der Waals surface area contributed by atoms with Crippen molar-refractivity contribution in [3.05, 3.63) is 73.8 Å². The molecule has 1 N–H and O–H groups in total. The summed E-state index contributed by atoms with van der Waals surface area (Å²) < 4.78 is 4.66. The van der Waals surface area contributed by atoms with Crippen LogP contribution in [0.3, 0.4) is 0 Å². The molecule has 0 spiro atoms. The van der Waals surface area contributed by atoms with Crippen LogP contribution in [-0.2, 0) is 9.53 Å². The first kappa shape index (κ1) is 19.7. The maximum absolute atomic E-state index is 12.5. The number of hydrogen-bond acceptors (Lipinski definition) is 5. The minimum atomic E-state index is -0.765. The molecule has 2 aromatic rings. The van der Waals surface area contributed by atoms with Gasteiger partial charge in [-0.15, -0.1) is 0 Å². The number of nitro benzene ring substituents is 1.